The third-order valence-electron chi connectivity index (χ3n) is 4.73. The van der Waals surface area contributed by atoms with Gasteiger partial charge in [-0.2, -0.15) is 0 Å². The summed E-state index contributed by atoms with van der Waals surface area (Å²) in [5.74, 6) is 0. The first-order valence-electron chi connectivity index (χ1n) is 9.59. The molecule has 0 bridgehead atoms. The van der Waals surface area contributed by atoms with Gasteiger partial charge in [-0.1, -0.05) is 103 Å². The molecule has 0 aliphatic heterocycles. The summed E-state index contributed by atoms with van der Waals surface area (Å²) in [6.07, 6.45) is 2.26. The highest BCUT2D eigenvalue weighted by atomic mass is 14.9. The van der Waals surface area contributed by atoms with E-state index >= 15 is 0 Å². The van der Waals surface area contributed by atoms with Crippen LogP contribution < -0.4 is 5.32 Å². The van der Waals surface area contributed by atoms with Gasteiger partial charge in [0.15, 0.2) is 0 Å². The van der Waals surface area contributed by atoms with Gasteiger partial charge in [0, 0.05) is 12.2 Å². The fourth-order valence-electron chi connectivity index (χ4n) is 3.23. The Morgan fingerprint density at radius 1 is 0.571 bits per heavy atom. The Hall–Kier alpha value is -3.58. The molecule has 0 aliphatic carbocycles. The average molecular weight is 361 g/mol. The van der Waals surface area contributed by atoms with Crippen molar-refractivity contribution in [3.63, 3.8) is 0 Å². The summed E-state index contributed by atoms with van der Waals surface area (Å²) < 4.78 is 0. The minimum Gasteiger partial charge on any atom is -0.381 e. The Balaban J connectivity index is 1.57. The zero-order chi connectivity index (χ0) is 19.0. The second kappa shape index (κ2) is 8.88. The maximum Gasteiger partial charge on any atom is 0.0400 e. The summed E-state index contributed by atoms with van der Waals surface area (Å²) in [5.41, 5.74) is 7.27. The third kappa shape index (κ3) is 4.57. The molecule has 0 atom stereocenters. The van der Waals surface area contributed by atoms with Gasteiger partial charge in [0.05, 0.1) is 0 Å². The summed E-state index contributed by atoms with van der Waals surface area (Å²) in [6.45, 7) is 0.829. The lowest BCUT2D eigenvalue weighted by Gasteiger charge is -2.10. The molecule has 1 heteroatoms. The average Bonchev–Trinajstić information content (AvgIpc) is 2.79. The van der Waals surface area contributed by atoms with Gasteiger partial charge in [-0.3, -0.25) is 0 Å². The molecule has 4 aromatic rings. The van der Waals surface area contributed by atoms with Crippen LogP contribution in [-0.2, 0) is 6.54 Å². The van der Waals surface area contributed by atoms with Crippen molar-refractivity contribution in [2.75, 3.05) is 5.32 Å². The van der Waals surface area contributed by atoms with Gasteiger partial charge in [0.25, 0.3) is 0 Å². The molecule has 0 unspecified atom stereocenters. The fraction of sp³-hybridized carbons (Fsp3) is 0.0370. The van der Waals surface area contributed by atoms with E-state index in [4.69, 9.17) is 0 Å². The molecule has 0 saturated carbocycles. The van der Waals surface area contributed by atoms with Crippen molar-refractivity contribution >= 4 is 17.3 Å². The number of nitrogens with one attached hydrogen (secondary N) is 1. The van der Waals surface area contributed by atoms with E-state index in [1.165, 1.54) is 27.8 Å². The molecule has 0 aliphatic rings. The lowest BCUT2D eigenvalue weighted by Crippen LogP contribution is -1.98. The number of anilines is 1. The highest BCUT2D eigenvalue weighted by Gasteiger charge is 2.05. The number of hydrogen-bond donors (Lipinski definition) is 1. The van der Waals surface area contributed by atoms with Crippen molar-refractivity contribution in [1.29, 1.82) is 0 Å². The van der Waals surface area contributed by atoms with E-state index < -0.39 is 0 Å². The van der Waals surface area contributed by atoms with E-state index in [0.717, 1.165) is 12.2 Å². The monoisotopic (exact) mass is 361 g/mol. The predicted molar refractivity (Wildman–Crippen MR) is 120 cm³/mol. The van der Waals surface area contributed by atoms with Gasteiger partial charge in [-0.15, -0.1) is 0 Å². The van der Waals surface area contributed by atoms with Crippen molar-refractivity contribution in [3.05, 3.63) is 138 Å². The predicted octanol–water partition coefficient (Wildman–Crippen LogP) is 6.89. The van der Waals surface area contributed by atoms with Crippen LogP contribution in [-0.4, -0.2) is 0 Å². The maximum atomic E-state index is 3.48. The lowest BCUT2D eigenvalue weighted by atomic mass is 9.96. The molecule has 4 rings (SSSR count). The molecule has 4 aromatic carbocycles. The van der Waals surface area contributed by atoms with Crippen LogP contribution in [0.5, 0.6) is 0 Å². The van der Waals surface area contributed by atoms with Crippen molar-refractivity contribution in [2.24, 2.45) is 0 Å². The number of benzene rings is 4. The molecule has 28 heavy (non-hydrogen) atoms. The van der Waals surface area contributed by atoms with Crippen LogP contribution >= 0.6 is 0 Å². The summed E-state index contributed by atoms with van der Waals surface area (Å²) in [7, 11) is 0. The molecule has 136 valence electrons. The van der Waals surface area contributed by atoms with Crippen LogP contribution in [0.1, 0.15) is 22.3 Å². The van der Waals surface area contributed by atoms with E-state index in [1.54, 1.807) is 0 Å². The Labute approximate surface area is 167 Å². The Morgan fingerprint density at radius 3 is 1.61 bits per heavy atom. The molecular formula is C27H23N. The fourth-order valence-corrected chi connectivity index (χ4v) is 3.23. The number of rotatable bonds is 6. The molecule has 0 saturated heterocycles. The van der Waals surface area contributed by atoms with Crippen molar-refractivity contribution in [1.82, 2.24) is 0 Å². The minimum absolute atomic E-state index is 0.829. The maximum absolute atomic E-state index is 3.48. The first-order valence-corrected chi connectivity index (χ1v) is 9.59. The SMILES string of the molecule is C(=C(c1ccccc1)c1ccccc1)c1ccc(NCc2ccccc2)cc1. The lowest BCUT2D eigenvalue weighted by molar-refractivity contribution is 1.15. The van der Waals surface area contributed by atoms with E-state index in [0.29, 0.717) is 0 Å². The smallest absolute Gasteiger partial charge is 0.0400 e. The zero-order valence-electron chi connectivity index (χ0n) is 15.8. The van der Waals surface area contributed by atoms with Crippen LogP contribution in [0.25, 0.3) is 11.6 Å². The van der Waals surface area contributed by atoms with Crippen LogP contribution in [0.15, 0.2) is 115 Å². The molecule has 0 heterocycles. The van der Waals surface area contributed by atoms with Gasteiger partial charge < -0.3 is 5.32 Å². The quantitative estimate of drug-likeness (QED) is 0.369. The Kier molecular flexibility index (Phi) is 5.65. The highest BCUT2D eigenvalue weighted by molar-refractivity contribution is 5.91. The van der Waals surface area contributed by atoms with E-state index in [1.807, 2.05) is 6.07 Å². The topological polar surface area (TPSA) is 12.0 Å². The molecule has 0 amide bonds. The molecule has 1 nitrogen and oxygen atoms in total. The van der Waals surface area contributed by atoms with Gasteiger partial charge in [0.1, 0.15) is 0 Å². The first kappa shape index (κ1) is 17.8. The first-order chi connectivity index (χ1) is 13.9. The van der Waals surface area contributed by atoms with Gasteiger partial charge in [-0.05, 0) is 46.0 Å². The summed E-state index contributed by atoms with van der Waals surface area (Å²) in [4.78, 5) is 0. The van der Waals surface area contributed by atoms with Crippen molar-refractivity contribution in [2.45, 2.75) is 6.54 Å². The summed E-state index contributed by atoms with van der Waals surface area (Å²) in [5, 5.41) is 3.48. The van der Waals surface area contributed by atoms with Crippen LogP contribution in [0.4, 0.5) is 5.69 Å². The van der Waals surface area contributed by atoms with E-state index in [9.17, 15) is 0 Å². The second-order valence-electron chi connectivity index (χ2n) is 6.75. The van der Waals surface area contributed by atoms with Crippen molar-refractivity contribution < 1.29 is 0 Å². The molecule has 0 aromatic heterocycles. The molecule has 0 fully saturated rings. The summed E-state index contributed by atoms with van der Waals surface area (Å²) in [6, 6.07) is 40.2. The normalized spacial score (nSPS) is 10.3. The minimum atomic E-state index is 0.829. The van der Waals surface area contributed by atoms with Gasteiger partial charge in [0.2, 0.25) is 0 Å². The standard InChI is InChI=1S/C27H23N/c1-4-10-23(11-5-1)21-28-26-18-16-22(17-19-26)20-27(24-12-6-2-7-13-24)25-14-8-3-9-15-25/h1-20,28H,21H2. The second-order valence-corrected chi connectivity index (χ2v) is 6.75. The molecule has 1 N–H and O–H groups in total. The Bertz CT molecular complexity index is 976. The van der Waals surface area contributed by atoms with Gasteiger partial charge >= 0.3 is 0 Å². The molecular weight excluding hydrogens is 338 g/mol. The van der Waals surface area contributed by atoms with Gasteiger partial charge in [-0.25, -0.2) is 0 Å². The molecule has 0 radical (unpaired) electrons. The van der Waals surface area contributed by atoms with Crippen LogP contribution in [0, 0.1) is 0 Å². The van der Waals surface area contributed by atoms with Crippen LogP contribution in [0.3, 0.4) is 0 Å². The number of hydrogen-bond acceptors (Lipinski definition) is 1. The van der Waals surface area contributed by atoms with E-state index in [-0.39, 0.29) is 0 Å². The zero-order valence-corrected chi connectivity index (χ0v) is 15.8. The van der Waals surface area contributed by atoms with Crippen LogP contribution in [0.2, 0.25) is 0 Å². The highest BCUT2D eigenvalue weighted by Crippen LogP contribution is 2.26. The third-order valence-corrected chi connectivity index (χ3v) is 4.73. The van der Waals surface area contributed by atoms with Crippen molar-refractivity contribution in [3.8, 4) is 0 Å². The van der Waals surface area contributed by atoms with E-state index in [2.05, 4.69) is 121 Å². The molecule has 0 spiro atoms. The Morgan fingerprint density at radius 2 is 1.07 bits per heavy atom. The largest absolute Gasteiger partial charge is 0.381 e. The summed E-state index contributed by atoms with van der Waals surface area (Å²) >= 11 is 0.